The number of carbonyl (C=O) groups excluding carboxylic acids is 1. The van der Waals surface area contributed by atoms with Gasteiger partial charge in [-0.1, -0.05) is 0 Å². The zero-order chi connectivity index (χ0) is 19.7. The molecule has 1 atom stereocenters. The number of nitrogens with one attached hydrogen (secondary N) is 1. The van der Waals surface area contributed by atoms with Crippen LogP contribution in [-0.4, -0.2) is 35.2 Å². The number of aliphatic hydroxyl groups excluding tert-OH is 1. The SMILES string of the molecule is Cc1cc(N2CCC[C@H]2CO)c2ccc(NC(=O)c3ccc(F)cc3)cc2n1. The normalized spacial score (nSPS) is 16.5. The number of anilines is 2. The van der Waals surface area contributed by atoms with Gasteiger partial charge in [0, 0.05) is 34.6 Å². The van der Waals surface area contributed by atoms with Crippen molar-refractivity contribution >= 4 is 28.2 Å². The maximum atomic E-state index is 13.0. The van der Waals surface area contributed by atoms with Gasteiger partial charge < -0.3 is 15.3 Å². The molecule has 4 rings (SSSR count). The van der Waals surface area contributed by atoms with E-state index in [1.165, 1.54) is 24.3 Å². The number of amides is 1. The monoisotopic (exact) mass is 379 g/mol. The third kappa shape index (κ3) is 3.55. The highest BCUT2D eigenvalue weighted by atomic mass is 19.1. The molecular formula is C22H22FN3O2. The second-order valence-corrected chi connectivity index (χ2v) is 7.15. The first-order valence-corrected chi connectivity index (χ1v) is 9.41. The Kier molecular flexibility index (Phi) is 4.96. The molecule has 0 radical (unpaired) electrons. The number of nitrogens with zero attached hydrogens (tertiary/aromatic N) is 2. The number of fused-ring (bicyclic) bond motifs is 1. The molecule has 0 saturated carbocycles. The molecule has 2 N–H and O–H groups in total. The Bertz CT molecular complexity index is 1020. The van der Waals surface area contributed by atoms with Gasteiger partial charge in [0.15, 0.2) is 0 Å². The number of halogens is 1. The quantitative estimate of drug-likeness (QED) is 0.722. The molecule has 1 saturated heterocycles. The van der Waals surface area contributed by atoms with Crippen LogP contribution in [0.3, 0.4) is 0 Å². The maximum absolute atomic E-state index is 13.0. The van der Waals surface area contributed by atoms with E-state index in [1.54, 1.807) is 0 Å². The van der Waals surface area contributed by atoms with Crippen LogP contribution in [0.15, 0.2) is 48.5 Å². The van der Waals surface area contributed by atoms with Crippen molar-refractivity contribution in [1.82, 2.24) is 4.98 Å². The summed E-state index contributed by atoms with van der Waals surface area (Å²) in [6, 6.07) is 13.2. The topological polar surface area (TPSA) is 65.5 Å². The Morgan fingerprint density at radius 3 is 2.79 bits per heavy atom. The molecular weight excluding hydrogens is 357 g/mol. The van der Waals surface area contributed by atoms with Gasteiger partial charge in [0.2, 0.25) is 0 Å². The molecule has 144 valence electrons. The Balaban J connectivity index is 1.66. The predicted molar refractivity (Wildman–Crippen MR) is 108 cm³/mol. The lowest BCUT2D eigenvalue weighted by Gasteiger charge is -2.27. The van der Waals surface area contributed by atoms with Crippen molar-refractivity contribution in [1.29, 1.82) is 0 Å². The standard InChI is InChI=1S/C22H22FN3O2/c1-14-11-21(26-10-2-3-18(26)13-27)19-9-8-17(12-20(19)24-14)25-22(28)15-4-6-16(23)7-5-15/h4-9,11-12,18,27H,2-3,10,13H2,1H3,(H,25,28)/t18-/m0/s1. The lowest BCUT2D eigenvalue weighted by atomic mass is 10.1. The molecule has 0 unspecified atom stereocenters. The fourth-order valence-electron chi connectivity index (χ4n) is 3.80. The summed E-state index contributed by atoms with van der Waals surface area (Å²) in [5, 5.41) is 13.5. The van der Waals surface area contributed by atoms with Crippen molar-refractivity contribution < 1.29 is 14.3 Å². The van der Waals surface area contributed by atoms with Crippen molar-refractivity contribution in [2.75, 3.05) is 23.4 Å². The van der Waals surface area contributed by atoms with Crippen LogP contribution < -0.4 is 10.2 Å². The molecule has 5 nitrogen and oxygen atoms in total. The zero-order valence-electron chi connectivity index (χ0n) is 15.7. The van der Waals surface area contributed by atoms with Crippen LogP contribution in [-0.2, 0) is 0 Å². The van der Waals surface area contributed by atoms with Gasteiger partial charge in [0.05, 0.1) is 18.2 Å². The fraction of sp³-hybridized carbons (Fsp3) is 0.273. The van der Waals surface area contributed by atoms with Gasteiger partial charge in [0.1, 0.15) is 5.82 Å². The van der Waals surface area contributed by atoms with Crippen LogP contribution in [0.4, 0.5) is 15.8 Å². The highest BCUT2D eigenvalue weighted by molar-refractivity contribution is 6.05. The highest BCUT2D eigenvalue weighted by Gasteiger charge is 2.25. The summed E-state index contributed by atoms with van der Waals surface area (Å²) >= 11 is 0. The predicted octanol–water partition coefficient (Wildman–Crippen LogP) is 3.90. The number of hydrogen-bond donors (Lipinski definition) is 2. The van der Waals surface area contributed by atoms with Gasteiger partial charge >= 0.3 is 0 Å². The summed E-state index contributed by atoms with van der Waals surface area (Å²) in [7, 11) is 0. The second kappa shape index (κ2) is 7.56. The fourth-order valence-corrected chi connectivity index (χ4v) is 3.80. The number of aliphatic hydroxyl groups is 1. The third-order valence-corrected chi connectivity index (χ3v) is 5.18. The van der Waals surface area contributed by atoms with Gasteiger partial charge in [0.25, 0.3) is 5.91 Å². The van der Waals surface area contributed by atoms with E-state index in [9.17, 15) is 14.3 Å². The Morgan fingerprint density at radius 2 is 2.04 bits per heavy atom. The van der Waals surface area contributed by atoms with Crippen molar-refractivity contribution in [2.24, 2.45) is 0 Å². The van der Waals surface area contributed by atoms with Crippen LogP contribution >= 0.6 is 0 Å². The average Bonchev–Trinajstić information content (AvgIpc) is 3.16. The Hall–Kier alpha value is -2.99. The van der Waals surface area contributed by atoms with Crippen molar-refractivity contribution in [3.05, 3.63) is 65.6 Å². The van der Waals surface area contributed by atoms with E-state index in [-0.39, 0.29) is 24.4 Å². The largest absolute Gasteiger partial charge is 0.394 e. The first-order valence-electron chi connectivity index (χ1n) is 9.41. The van der Waals surface area contributed by atoms with Crippen LogP contribution in [0.2, 0.25) is 0 Å². The number of aromatic nitrogens is 1. The number of rotatable bonds is 4. The van der Waals surface area contributed by atoms with Crippen molar-refractivity contribution in [3.8, 4) is 0 Å². The first kappa shape index (κ1) is 18.4. The van der Waals surface area contributed by atoms with Gasteiger partial charge in [-0.05, 0) is 68.3 Å². The zero-order valence-corrected chi connectivity index (χ0v) is 15.7. The number of benzene rings is 2. The van der Waals surface area contributed by atoms with E-state index in [2.05, 4.69) is 15.2 Å². The van der Waals surface area contributed by atoms with Gasteiger partial charge in [-0.2, -0.15) is 0 Å². The number of aryl methyl sites for hydroxylation is 1. The molecule has 1 amide bonds. The Morgan fingerprint density at radius 1 is 1.25 bits per heavy atom. The lowest BCUT2D eigenvalue weighted by Crippen LogP contribution is -2.32. The smallest absolute Gasteiger partial charge is 0.255 e. The Labute approximate surface area is 162 Å². The minimum atomic E-state index is -0.377. The lowest BCUT2D eigenvalue weighted by molar-refractivity contribution is 0.102. The van der Waals surface area contributed by atoms with Gasteiger partial charge in [-0.3, -0.25) is 9.78 Å². The molecule has 6 heteroatoms. The molecule has 2 aromatic carbocycles. The molecule has 1 aliphatic rings. The molecule has 0 bridgehead atoms. The van der Waals surface area contributed by atoms with Crippen LogP contribution in [0, 0.1) is 12.7 Å². The number of carbonyl (C=O) groups is 1. The van der Waals surface area contributed by atoms with E-state index >= 15 is 0 Å². The molecule has 1 aliphatic heterocycles. The van der Waals surface area contributed by atoms with E-state index in [0.717, 1.165) is 41.7 Å². The maximum Gasteiger partial charge on any atom is 0.255 e. The second-order valence-electron chi connectivity index (χ2n) is 7.15. The highest BCUT2D eigenvalue weighted by Crippen LogP contribution is 2.33. The summed E-state index contributed by atoms with van der Waals surface area (Å²) in [4.78, 5) is 19.3. The van der Waals surface area contributed by atoms with Crippen molar-refractivity contribution in [2.45, 2.75) is 25.8 Å². The minimum absolute atomic E-state index is 0.128. The number of hydrogen-bond acceptors (Lipinski definition) is 4. The molecule has 0 aliphatic carbocycles. The summed E-state index contributed by atoms with van der Waals surface area (Å²) in [6.45, 7) is 2.98. The summed E-state index contributed by atoms with van der Waals surface area (Å²) < 4.78 is 13.0. The van der Waals surface area contributed by atoms with Crippen LogP contribution in [0.1, 0.15) is 28.9 Å². The van der Waals surface area contributed by atoms with E-state index in [4.69, 9.17) is 0 Å². The third-order valence-electron chi connectivity index (χ3n) is 5.18. The van der Waals surface area contributed by atoms with Crippen molar-refractivity contribution in [3.63, 3.8) is 0 Å². The van der Waals surface area contributed by atoms with Crippen LogP contribution in [0.5, 0.6) is 0 Å². The van der Waals surface area contributed by atoms with E-state index in [0.29, 0.717) is 11.3 Å². The minimum Gasteiger partial charge on any atom is -0.394 e. The molecule has 1 fully saturated rings. The van der Waals surface area contributed by atoms with Crippen LogP contribution in [0.25, 0.3) is 10.9 Å². The van der Waals surface area contributed by atoms with Gasteiger partial charge in [-0.15, -0.1) is 0 Å². The van der Waals surface area contributed by atoms with E-state index < -0.39 is 0 Å². The average molecular weight is 379 g/mol. The van der Waals surface area contributed by atoms with E-state index in [1.807, 2.05) is 31.2 Å². The molecule has 0 spiro atoms. The number of pyridine rings is 1. The molecule has 28 heavy (non-hydrogen) atoms. The first-order chi connectivity index (χ1) is 13.5. The summed E-state index contributed by atoms with van der Waals surface area (Å²) in [6.07, 6.45) is 2.03. The molecule has 3 aromatic rings. The summed E-state index contributed by atoms with van der Waals surface area (Å²) in [5.41, 5.74) is 3.76. The van der Waals surface area contributed by atoms with Gasteiger partial charge in [-0.25, -0.2) is 4.39 Å². The molecule has 1 aromatic heterocycles. The molecule has 2 heterocycles. The summed E-state index contributed by atoms with van der Waals surface area (Å²) in [5.74, 6) is -0.676.